The first-order chi connectivity index (χ1) is 17.6. The van der Waals surface area contributed by atoms with Gasteiger partial charge in [-0.1, -0.05) is 6.07 Å². The molecule has 2 aromatic carbocycles. The Morgan fingerprint density at radius 2 is 1.86 bits per heavy atom. The normalized spacial score (nSPS) is 16.9. The lowest BCUT2D eigenvalue weighted by atomic mass is 10.1. The van der Waals surface area contributed by atoms with Crippen molar-refractivity contribution in [2.24, 2.45) is 0 Å². The van der Waals surface area contributed by atoms with Crippen LogP contribution < -0.4 is 20.5 Å². The number of anilines is 3. The number of methoxy groups -OCH3 is 2. The number of hydrogen-bond donors (Lipinski definition) is 2. The summed E-state index contributed by atoms with van der Waals surface area (Å²) >= 11 is 0. The Morgan fingerprint density at radius 1 is 1.03 bits per heavy atom. The van der Waals surface area contributed by atoms with Gasteiger partial charge in [-0.2, -0.15) is 0 Å². The van der Waals surface area contributed by atoms with E-state index in [1.807, 2.05) is 36.4 Å². The van der Waals surface area contributed by atoms with Crippen molar-refractivity contribution in [2.75, 3.05) is 51.6 Å². The van der Waals surface area contributed by atoms with E-state index in [-0.39, 0.29) is 6.10 Å². The molecule has 0 unspecified atom stereocenters. The number of nitrogens with two attached hydrogens (primary N) is 1. The van der Waals surface area contributed by atoms with Crippen molar-refractivity contribution >= 4 is 17.3 Å². The fourth-order valence-electron chi connectivity index (χ4n) is 4.49. The fraction of sp³-hybridized carbons (Fsp3) is 0.407. The standard InChI is InChI=1S/C27H33N5O4/c1-33-22-16-32(17-22)15-19-3-5-20(14-26(19)34-2)30-27-29-10-7-24(31-27)18-4-6-25(23(28)13-18)36-21-8-11-35-12-9-21/h3-7,10,13-14,21-22H,8-9,11-12,15-17,28H2,1-2H3,(H,29,30,31). The van der Waals surface area contributed by atoms with E-state index >= 15 is 0 Å². The summed E-state index contributed by atoms with van der Waals surface area (Å²) in [5.74, 6) is 2.01. The average Bonchev–Trinajstić information content (AvgIpc) is 2.88. The van der Waals surface area contributed by atoms with Gasteiger partial charge in [0.2, 0.25) is 5.95 Å². The van der Waals surface area contributed by atoms with Crippen LogP contribution in [0.25, 0.3) is 11.3 Å². The average molecular weight is 492 g/mol. The van der Waals surface area contributed by atoms with Crippen molar-refractivity contribution in [3.8, 4) is 22.8 Å². The van der Waals surface area contributed by atoms with Gasteiger partial charge in [0, 0.05) is 68.7 Å². The summed E-state index contributed by atoms with van der Waals surface area (Å²) < 4.78 is 22.5. The molecule has 9 heteroatoms. The van der Waals surface area contributed by atoms with E-state index in [4.69, 9.17) is 29.7 Å². The molecule has 0 saturated carbocycles. The maximum atomic E-state index is 6.31. The molecule has 3 aromatic rings. The molecule has 3 N–H and O–H groups in total. The third kappa shape index (κ3) is 5.70. The summed E-state index contributed by atoms with van der Waals surface area (Å²) in [4.78, 5) is 11.4. The molecular weight excluding hydrogens is 458 g/mol. The third-order valence-electron chi connectivity index (χ3n) is 6.62. The molecule has 0 atom stereocenters. The zero-order valence-corrected chi connectivity index (χ0v) is 20.8. The highest BCUT2D eigenvalue weighted by Gasteiger charge is 2.27. The molecule has 3 heterocycles. The SMILES string of the molecule is COc1cc(Nc2nccc(-c3ccc(OC4CCOCC4)c(N)c3)n2)ccc1CN1CC(OC)C1. The zero-order chi connectivity index (χ0) is 24.9. The van der Waals surface area contributed by atoms with Gasteiger partial charge in [0.1, 0.15) is 17.6 Å². The topological polar surface area (TPSA) is 104 Å². The molecule has 2 fully saturated rings. The first kappa shape index (κ1) is 24.3. The molecule has 0 bridgehead atoms. The Morgan fingerprint density at radius 3 is 2.61 bits per heavy atom. The molecule has 2 saturated heterocycles. The summed E-state index contributed by atoms with van der Waals surface area (Å²) in [6, 6.07) is 13.7. The first-order valence-corrected chi connectivity index (χ1v) is 12.3. The molecule has 5 rings (SSSR count). The molecule has 36 heavy (non-hydrogen) atoms. The highest BCUT2D eigenvalue weighted by Crippen LogP contribution is 2.31. The first-order valence-electron chi connectivity index (χ1n) is 12.3. The van der Waals surface area contributed by atoms with Gasteiger partial charge in [-0.15, -0.1) is 0 Å². The van der Waals surface area contributed by atoms with Crippen LogP contribution in [-0.2, 0) is 16.0 Å². The van der Waals surface area contributed by atoms with Crippen molar-refractivity contribution in [3.05, 3.63) is 54.2 Å². The van der Waals surface area contributed by atoms with Gasteiger partial charge in [0.15, 0.2) is 0 Å². The van der Waals surface area contributed by atoms with Crippen LogP contribution in [0.4, 0.5) is 17.3 Å². The van der Waals surface area contributed by atoms with Crippen LogP contribution in [0, 0.1) is 0 Å². The Kier molecular flexibility index (Phi) is 7.50. The molecule has 9 nitrogen and oxygen atoms in total. The number of rotatable bonds is 9. The summed E-state index contributed by atoms with van der Waals surface area (Å²) in [5, 5.41) is 3.29. The van der Waals surface area contributed by atoms with Crippen molar-refractivity contribution in [1.29, 1.82) is 0 Å². The van der Waals surface area contributed by atoms with Gasteiger partial charge >= 0.3 is 0 Å². The van der Waals surface area contributed by atoms with Crippen LogP contribution in [0.3, 0.4) is 0 Å². The van der Waals surface area contributed by atoms with Crippen LogP contribution >= 0.6 is 0 Å². The molecule has 0 aliphatic carbocycles. The number of ether oxygens (including phenoxy) is 4. The van der Waals surface area contributed by atoms with Crippen molar-refractivity contribution in [2.45, 2.75) is 31.6 Å². The number of benzene rings is 2. The minimum atomic E-state index is 0.137. The zero-order valence-electron chi connectivity index (χ0n) is 20.8. The van der Waals surface area contributed by atoms with Crippen LogP contribution in [0.15, 0.2) is 48.7 Å². The third-order valence-corrected chi connectivity index (χ3v) is 6.62. The monoisotopic (exact) mass is 491 g/mol. The summed E-state index contributed by atoms with van der Waals surface area (Å²) in [6.07, 6.45) is 3.95. The molecule has 1 aromatic heterocycles. The minimum absolute atomic E-state index is 0.137. The van der Waals surface area contributed by atoms with Crippen LogP contribution in [0.1, 0.15) is 18.4 Å². The van der Waals surface area contributed by atoms with E-state index in [0.29, 0.717) is 23.5 Å². The van der Waals surface area contributed by atoms with Crippen molar-refractivity contribution in [3.63, 3.8) is 0 Å². The van der Waals surface area contributed by atoms with E-state index in [1.165, 1.54) is 0 Å². The highest BCUT2D eigenvalue weighted by atomic mass is 16.5. The molecule has 0 spiro atoms. The molecule has 2 aliphatic heterocycles. The number of hydrogen-bond acceptors (Lipinski definition) is 9. The van der Waals surface area contributed by atoms with E-state index in [0.717, 1.165) is 73.9 Å². The van der Waals surface area contributed by atoms with E-state index in [2.05, 4.69) is 21.3 Å². The summed E-state index contributed by atoms with van der Waals surface area (Å²) in [5.41, 5.74) is 10.5. The van der Waals surface area contributed by atoms with Gasteiger partial charge < -0.3 is 30.0 Å². The maximum Gasteiger partial charge on any atom is 0.227 e. The van der Waals surface area contributed by atoms with Gasteiger partial charge in [-0.25, -0.2) is 9.97 Å². The number of likely N-dealkylation sites (tertiary alicyclic amines) is 1. The molecule has 0 radical (unpaired) electrons. The molecule has 0 amide bonds. The van der Waals surface area contributed by atoms with Gasteiger partial charge in [0.05, 0.1) is 37.8 Å². The Hall–Kier alpha value is -3.40. The Balaban J connectivity index is 1.26. The second kappa shape index (κ2) is 11.1. The summed E-state index contributed by atoms with van der Waals surface area (Å²) in [6.45, 7) is 4.15. The smallest absolute Gasteiger partial charge is 0.227 e. The predicted octanol–water partition coefficient (Wildman–Crippen LogP) is 3.87. The number of aromatic nitrogens is 2. The van der Waals surface area contributed by atoms with Crippen LogP contribution in [0.2, 0.25) is 0 Å². The van der Waals surface area contributed by atoms with Gasteiger partial charge in [-0.05, 0) is 30.3 Å². The van der Waals surface area contributed by atoms with E-state index < -0.39 is 0 Å². The van der Waals surface area contributed by atoms with Crippen molar-refractivity contribution < 1.29 is 18.9 Å². The van der Waals surface area contributed by atoms with Gasteiger partial charge in [0.25, 0.3) is 0 Å². The Labute approximate surface area is 211 Å². The predicted molar refractivity (Wildman–Crippen MR) is 139 cm³/mol. The lowest BCUT2D eigenvalue weighted by Gasteiger charge is -2.38. The molecular formula is C27H33N5O4. The minimum Gasteiger partial charge on any atom is -0.496 e. The number of nitrogen functional groups attached to an aromatic ring is 1. The second-order valence-corrected chi connectivity index (χ2v) is 9.15. The van der Waals surface area contributed by atoms with E-state index in [1.54, 1.807) is 20.4 Å². The summed E-state index contributed by atoms with van der Waals surface area (Å²) in [7, 11) is 3.44. The Bertz CT molecular complexity index is 1180. The maximum absolute atomic E-state index is 6.31. The highest BCUT2D eigenvalue weighted by molar-refractivity contribution is 5.69. The second-order valence-electron chi connectivity index (χ2n) is 9.15. The van der Waals surface area contributed by atoms with Crippen LogP contribution in [-0.4, -0.2) is 67.6 Å². The lowest BCUT2D eigenvalue weighted by Crippen LogP contribution is -2.50. The number of nitrogens with one attached hydrogen (secondary N) is 1. The lowest BCUT2D eigenvalue weighted by molar-refractivity contribution is -0.0336. The molecule has 2 aliphatic rings. The van der Waals surface area contributed by atoms with Gasteiger partial charge in [-0.3, -0.25) is 4.90 Å². The fourth-order valence-corrected chi connectivity index (χ4v) is 4.49. The molecule has 190 valence electrons. The number of nitrogens with zero attached hydrogens (tertiary/aromatic N) is 3. The van der Waals surface area contributed by atoms with E-state index in [9.17, 15) is 0 Å². The largest absolute Gasteiger partial charge is 0.496 e. The quantitative estimate of drug-likeness (QED) is 0.432. The van der Waals surface area contributed by atoms with Crippen molar-refractivity contribution in [1.82, 2.24) is 14.9 Å². The van der Waals surface area contributed by atoms with Crippen LogP contribution in [0.5, 0.6) is 11.5 Å².